The molecule has 1 amide bonds. The number of nitrogens with one attached hydrogen (secondary N) is 1. The van der Waals surface area contributed by atoms with Crippen LogP contribution in [0.1, 0.15) is 6.92 Å². The molecule has 3 rings (SSSR count). The first-order valence-electron chi connectivity index (χ1n) is 9.26. The molecule has 0 aliphatic carbocycles. The third-order valence-electron chi connectivity index (χ3n) is 4.18. The Morgan fingerprint density at radius 3 is 2.20 bits per heavy atom. The van der Waals surface area contributed by atoms with Crippen LogP contribution in [0.3, 0.4) is 0 Å². The van der Waals surface area contributed by atoms with E-state index in [0.29, 0.717) is 28.8 Å². The van der Waals surface area contributed by atoms with Crippen LogP contribution in [-0.4, -0.2) is 27.5 Å². The number of hydrogen-bond acceptors (Lipinski definition) is 4. The lowest BCUT2D eigenvalue weighted by Crippen LogP contribution is -2.38. The smallest absolute Gasteiger partial charge is 0.264 e. The summed E-state index contributed by atoms with van der Waals surface area (Å²) in [5.41, 5.74) is 0.911. The largest absolute Gasteiger partial charge is 0.494 e. The van der Waals surface area contributed by atoms with E-state index in [-0.39, 0.29) is 11.4 Å². The molecular weight excluding hydrogens is 424 g/mol. The summed E-state index contributed by atoms with van der Waals surface area (Å²) in [6.45, 7) is 1.94. The summed E-state index contributed by atoms with van der Waals surface area (Å²) in [7, 11) is -3.98. The highest BCUT2D eigenvalue weighted by molar-refractivity contribution is 7.92. The Morgan fingerprint density at radius 1 is 0.967 bits per heavy atom. The molecule has 0 unspecified atom stereocenters. The third kappa shape index (κ3) is 5.31. The number of hydrogen-bond donors (Lipinski definition) is 1. The number of para-hydroxylation sites is 1. The van der Waals surface area contributed by atoms with Crippen molar-refractivity contribution in [1.29, 1.82) is 0 Å². The summed E-state index contributed by atoms with van der Waals surface area (Å²) in [5.74, 6) is 0.0962. The molecule has 0 bridgehead atoms. The Bertz CT molecular complexity index is 1090. The molecule has 0 saturated carbocycles. The van der Waals surface area contributed by atoms with Crippen molar-refractivity contribution in [2.45, 2.75) is 11.8 Å². The molecule has 0 saturated heterocycles. The summed E-state index contributed by atoms with van der Waals surface area (Å²) in [5, 5.41) is 3.23. The first-order valence-corrected chi connectivity index (χ1v) is 11.1. The van der Waals surface area contributed by atoms with Gasteiger partial charge in [-0.15, -0.1) is 0 Å². The standard InChI is InChI=1S/C22H21ClN2O4S/c1-2-29-20-12-14-21(15-13-20)30(27,28)25(19-6-4-3-5-7-19)16-22(26)24-18-10-8-17(23)9-11-18/h3-15H,2,16H2,1H3,(H,24,26). The Morgan fingerprint density at radius 2 is 1.60 bits per heavy atom. The van der Waals surface area contributed by atoms with E-state index < -0.39 is 15.9 Å². The average Bonchev–Trinajstić information content (AvgIpc) is 2.75. The molecule has 0 fully saturated rings. The van der Waals surface area contributed by atoms with Gasteiger partial charge in [0.1, 0.15) is 12.3 Å². The van der Waals surface area contributed by atoms with E-state index in [1.165, 1.54) is 12.1 Å². The van der Waals surface area contributed by atoms with E-state index in [1.807, 2.05) is 6.92 Å². The number of rotatable bonds is 8. The lowest BCUT2D eigenvalue weighted by molar-refractivity contribution is -0.114. The van der Waals surface area contributed by atoms with E-state index in [2.05, 4.69) is 5.32 Å². The number of anilines is 2. The van der Waals surface area contributed by atoms with Crippen LogP contribution < -0.4 is 14.4 Å². The highest BCUT2D eigenvalue weighted by Gasteiger charge is 2.27. The normalized spacial score (nSPS) is 11.0. The average molecular weight is 445 g/mol. The van der Waals surface area contributed by atoms with Crippen LogP contribution in [0.25, 0.3) is 0 Å². The van der Waals surface area contributed by atoms with Crippen molar-refractivity contribution in [2.75, 3.05) is 22.8 Å². The number of sulfonamides is 1. The molecular formula is C22H21ClN2O4S. The maximum absolute atomic E-state index is 13.3. The third-order valence-corrected chi connectivity index (χ3v) is 6.22. The highest BCUT2D eigenvalue weighted by Crippen LogP contribution is 2.25. The lowest BCUT2D eigenvalue weighted by atomic mass is 10.3. The van der Waals surface area contributed by atoms with Crippen molar-refractivity contribution in [3.63, 3.8) is 0 Å². The molecule has 0 aromatic heterocycles. The molecule has 0 heterocycles. The van der Waals surface area contributed by atoms with Gasteiger partial charge in [-0.2, -0.15) is 0 Å². The van der Waals surface area contributed by atoms with Gasteiger partial charge in [-0.25, -0.2) is 8.42 Å². The molecule has 156 valence electrons. The van der Waals surface area contributed by atoms with Crippen molar-refractivity contribution in [2.24, 2.45) is 0 Å². The molecule has 3 aromatic carbocycles. The molecule has 0 aliphatic heterocycles. The summed E-state index contributed by atoms with van der Waals surface area (Å²) in [4.78, 5) is 12.7. The van der Waals surface area contributed by atoms with Crippen LogP contribution in [0, 0.1) is 0 Å². The zero-order chi connectivity index (χ0) is 21.6. The molecule has 0 atom stereocenters. The fourth-order valence-electron chi connectivity index (χ4n) is 2.78. The zero-order valence-corrected chi connectivity index (χ0v) is 17.9. The van der Waals surface area contributed by atoms with E-state index in [4.69, 9.17) is 16.3 Å². The minimum absolute atomic E-state index is 0.0640. The second kappa shape index (κ2) is 9.65. The topological polar surface area (TPSA) is 75.7 Å². The van der Waals surface area contributed by atoms with Crippen molar-refractivity contribution in [3.8, 4) is 5.75 Å². The van der Waals surface area contributed by atoms with Crippen LogP contribution in [0.15, 0.2) is 83.8 Å². The number of amides is 1. The van der Waals surface area contributed by atoms with Gasteiger partial charge < -0.3 is 10.1 Å². The monoisotopic (exact) mass is 444 g/mol. The number of nitrogens with zero attached hydrogens (tertiary/aromatic N) is 1. The van der Waals surface area contributed by atoms with Gasteiger partial charge in [0.25, 0.3) is 10.0 Å². The van der Waals surface area contributed by atoms with Gasteiger partial charge >= 0.3 is 0 Å². The number of ether oxygens (including phenoxy) is 1. The van der Waals surface area contributed by atoms with Crippen LogP contribution in [0.4, 0.5) is 11.4 Å². The summed E-state index contributed by atoms with van der Waals surface area (Å²) in [6.07, 6.45) is 0. The fraction of sp³-hybridized carbons (Fsp3) is 0.136. The molecule has 0 spiro atoms. The summed E-state index contributed by atoms with van der Waals surface area (Å²) < 4.78 is 33.1. The van der Waals surface area contributed by atoms with Gasteiger partial charge in [-0.3, -0.25) is 9.10 Å². The minimum Gasteiger partial charge on any atom is -0.494 e. The Hall–Kier alpha value is -3.03. The first kappa shape index (κ1) is 21.7. The quantitative estimate of drug-likeness (QED) is 0.552. The van der Waals surface area contributed by atoms with Crippen molar-refractivity contribution in [1.82, 2.24) is 0 Å². The zero-order valence-electron chi connectivity index (χ0n) is 16.3. The van der Waals surface area contributed by atoms with Crippen molar-refractivity contribution >= 4 is 38.9 Å². The van der Waals surface area contributed by atoms with Gasteiger partial charge in [0.2, 0.25) is 5.91 Å². The molecule has 1 N–H and O–H groups in total. The second-order valence-corrected chi connectivity index (χ2v) is 8.61. The highest BCUT2D eigenvalue weighted by atomic mass is 35.5. The Labute approximate surface area is 181 Å². The first-order chi connectivity index (χ1) is 14.4. The van der Waals surface area contributed by atoms with E-state index in [1.54, 1.807) is 66.7 Å². The SMILES string of the molecule is CCOc1ccc(S(=O)(=O)N(CC(=O)Nc2ccc(Cl)cc2)c2ccccc2)cc1. The van der Waals surface area contributed by atoms with E-state index in [0.717, 1.165) is 4.31 Å². The Kier molecular flexibility index (Phi) is 6.97. The van der Waals surface area contributed by atoms with E-state index in [9.17, 15) is 13.2 Å². The fourth-order valence-corrected chi connectivity index (χ4v) is 4.32. The maximum atomic E-state index is 13.3. The van der Waals surface area contributed by atoms with Crippen molar-refractivity contribution < 1.29 is 17.9 Å². The van der Waals surface area contributed by atoms with Gasteiger partial charge in [-0.05, 0) is 67.6 Å². The van der Waals surface area contributed by atoms with E-state index >= 15 is 0 Å². The van der Waals surface area contributed by atoms with Gasteiger partial charge in [-0.1, -0.05) is 29.8 Å². The van der Waals surface area contributed by atoms with Gasteiger partial charge in [0.05, 0.1) is 17.2 Å². The van der Waals surface area contributed by atoms with Crippen LogP contribution >= 0.6 is 11.6 Å². The molecule has 0 radical (unpaired) electrons. The molecule has 30 heavy (non-hydrogen) atoms. The van der Waals surface area contributed by atoms with Gasteiger partial charge in [0.15, 0.2) is 0 Å². The molecule has 6 nitrogen and oxygen atoms in total. The molecule has 0 aliphatic rings. The molecule has 3 aromatic rings. The second-order valence-electron chi connectivity index (χ2n) is 6.31. The number of halogens is 1. The predicted octanol–water partition coefficient (Wildman–Crippen LogP) is 4.57. The Balaban J connectivity index is 1.88. The van der Waals surface area contributed by atoms with Crippen LogP contribution in [0.2, 0.25) is 5.02 Å². The minimum atomic E-state index is -3.98. The number of carbonyl (C=O) groups is 1. The predicted molar refractivity (Wildman–Crippen MR) is 119 cm³/mol. The number of benzene rings is 3. The summed E-state index contributed by atoms with van der Waals surface area (Å²) in [6, 6.07) is 21.2. The summed E-state index contributed by atoms with van der Waals surface area (Å²) >= 11 is 5.86. The lowest BCUT2D eigenvalue weighted by Gasteiger charge is -2.24. The number of carbonyl (C=O) groups excluding carboxylic acids is 1. The van der Waals surface area contributed by atoms with Crippen molar-refractivity contribution in [3.05, 3.63) is 83.9 Å². The van der Waals surface area contributed by atoms with Crippen LogP contribution in [0.5, 0.6) is 5.75 Å². The maximum Gasteiger partial charge on any atom is 0.264 e. The molecule has 8 heteroatoms. The van der Waals surface area contributed by atoms with Gasteiger partial charge in [0, 0.05) is 10.7 Å². The van der Waals surface area contributed by atoms with Crippen LogP contribution in [-0.2, 0) is 14.8 Å².